The van der Waals surface area contributed by atoms with E-state index in [1.807, 2.05) is 0 Å². The Hall–Kier alpha value is -2.89. The van der Waals surface area contributed by atoms with E-state index in [0.29, 0.717) is 19.3 Å². The number of carbonyl (C=O) groups excluding carboxylic acids is 3. The molecule has 0 spiro atoms. The molecule has 0 aromatic carbocycles. The van der Waals surface area contributed by atoms with Gasteiger partial charge in [0, 0.05) is 19.3 Å². The zero-order valence-corrected chi connectivity index (χ0v) is 40.9. The van der Waals surface area contributed by atoms with Gasteiger partial charge in [-0.05, 0) is 83.5 Å². The maximum Gasteiger partial charge on any atom is 0.306 e. The van der Waals surface area contributed by atoms with Gasteiger partial charge in [0.25, 0.3) is 0 Å². The number of esters is 3. The van der Waals surface area contributed by atoms with Gasteiger partial charge in [0.1, 0.15) is 13.2 Å². The highest BCUT2D eigenvalue weighted by atomic mass is 16.6. The Bertz CT molecular complexity index is 1130. The number of rotatable bonds is 47. The van der Waals surface area contributed by atoms with Crippen molar-refractivity contribution >= 4 is 17.9 Å². The van der Waals surface area contributed by atoms with Crippen LogP contribution in [0.4, 0.5) is 0 Å². The van der Waals surface area contributed by atoms with Crippen LogP contribution in [-0.4, -0.2) is 37.2 Å². The van der Waals surface area contributed by atoms with Gasteiger partial charge in [-0.3, -0.25) is 14.4 Å². The van der Waals surface area contributed by atoms with Gasteiger partial charge in [-0.1, -0.05) is 216 Å². The predicted molar refractivity (Wildman–Crippen MR) is 265 cm³/mol. The fourth-order valence-corrected chi connectivity index (χ4v) is 7.31. The minimum atomic E-state index is -0.791. The van der Waals surface area contributed by atoms with Crippen LogP contribution in [0, 0.1) is 0 Å². The third-order valence-corrected chi connectivity index (χ3v) is 11.3. The molecule has 0 amide bonds. The molecule has 6 nitrogen and oxygen atoms in total. The second-order valence-electron chi connectivity index (χ2n) is 17.4. The summed E-state index contributed by atoms with van der Waals surface area (Å²) in [5.74, 6) is -0.933. The normalized spacial score (nSPS) is 12.5. The summed E-state index contributed by atoms with van der Waals surface area (Å²) in [4.78, 5) is 38.0. The fraction of sp³-hybridized carbons (Fsp3) is 0.768. The lowest BCUT2D eigenvalue weighted by atomic mass is 10.0. The van der Waals surface area contributed by atoms with Crippen molar-refractivity contribution < 1.29 is 28.6 Å². The Labute approximate surface area is 383 Å². The lowest BCUT2D eigenvalue weighted by Gasteiger charge is -2.18. The average molecular weight is 867 g/mol. The van der Waals surface area contributed by atoms with E-state index < -0.39 is 6.10 Å². The summed E-state index contributed by atoms with van der Waals surface area (Å²) >= 11 is 0. The Morgan fingerprint density at radius 1 is 0.339 bits per heavy atom. The highest BCUT2D eigenvalue weighted by Gasteiger charge is 2.19. The minimum absolute atomic E-state index is 0.0898. The Morgan fingerprint density at radius 2 is 0.629 bits per heavy atom. The first kappa shape index (κ1) is 59.1. The van der Waals surface area contributed by atoms with Crippen LogP contribution >= 0.6 is 0 Å². The van der Waals surface area contributed by atoms with E-state index in [2.05, 4.69) is 81.5 Å². The third-order valence-electron chi connectivity index (χ3n) is 11.3. The first-order valence-electron chi connectivity index (χ1n) is 26.3. The molecule has 0 aromatic rings. The molecular formula is C56H98O6. The summed E-state index contributed by atoms with van der Waals surface area (Å²) in [5.41, 5.74) is 0. The first-order valence-corrected chi connectivity index (χ1v) is 26.3. The standard InChI is InChI=1S/C56H98O6/c1-4-7-10-13-16-19-22-25-28-31-34-37-40-43-46-49-55(58)61-52-53(51-60-54(57)48-45-42-39-36-33-30-27-24-21-18-15-12-9-6-3)62-56(59)50-47-44-41-38-35-32-29-26-23-20-17-14-11-8-5-2/h7,10,16,19,24-25,27-28,34,37,53H,4-6,8-9,11-15,17-18,20-23,26,29-33,35-36,38-52H2,1-3H3/b10-7-,19-16-,27-24-,28-25-,37-34-/t53-/m1/s1. The van der Waals surface area contributed by atoms with Crippen molar-refractivity contribution in [2.75, 3.05) is 13.2 Å². The highest BCUT2D eigenvalue weighted by Crippen LogP contribution is 2.15. The monoisotopic (exact) mass is 867 g/mol. The molecule has 0 radical (unpaired) electrons. The van der Waals surface area contributed by atoms with Crippen LogP contribution in [0.2, 0.25) is 0 Å². The van der Waals surface area contributed by atoms with Crippen LogP contribution < -0.4 is 0 Å². The predicted octanol–water partition coefficient (Wildman–Crippen LogP) is 17.3. The molecular weight excluding hydrogens is 769 g/mol. The van der Waals surface area contributed by atoms with Gasteiger partial charge in [-0.2, -0.15) is 0 Å². The van der Waals surface area contributed by atoms with E-state index in [1.54, 1.807) is 0 Å². The molecule has 0 aliphatic rings. The zero-order valence-electron chi connectivity index (χ0n) is 40.9. The van der Waals surface area contributed by atoms with E-state index in [9.17, 15) is 14.4 Å². The molecule has 0 N–H and O–H groups in total. The molecule has 6 heteroatoms. The molecule has 0 saturated carbocycles. The number of hydrogen-bond donors (Lipinski definition) is 0. The van der Waals surface area contributed by atoms with Crippen molar-refractivity contribution in [3.05, 3.63) is 60.8 Å². The minimum Gasteiger partial charge on any atom is -0.462 e. The topological polar surface area (TPSA) is 78.9 Å². The summed E-state index contributed by atoms with van der Waals surface area (Å²) < 4.78 is 16.8. The van der Waals surface area contributed by atoms with E-state index in [-0.39, 0.29) is 31.1 Å². The van der Waals surface area contributed by atoms with Gasteiger partial charge < -0.3 is 14.2 Å². The van der Waals surface area contributed by atoms with Crippen LogP contribution in [-0.2, 0) is 28.6 Å². The van der Waals surface area contributed by atoms with Gasteiger partial charge in [0.15, 0.2) is 6.10 Å². The summed E-state index contributed by atoms with van der Waals surface area (Å²) in [5, 5.41) is 0. The van der Waals surface area contributed by atoms with Gasteiger partial charge in [-0.15, -0.1) is 0 Å². The molecule has 0 fully saturated rings. The van der Waals surface area contributed by atoms with E-state index in [0.717, 1.165) is 89.9 Å². The molecule has 0 bridgehead atoms. The van der Waals surface area contributed by atoms with Gasteiger partial charge in [-0.25, -0.2) is 0 Å². The Kier molecular flexibility index (Phi) is 48.4. The maximum atomic E-state index is 12.8. The van der Waals surface area contributed by atoms with Crippen LogP contribution in [0.1, 0.15) is 258 Å². The van der Waals surface area contributed by atoms with Crippen molar-refractivity contribution in [1.29, 1.82) is 0 Å². The molecule has 62 heavy (non-hydrogen) atoms. The van der Waals surface area contributed by atoms with Crippen molar-refractivity contribution in [3.8, 4) is 0 Å². The molecule has 0 saturated heterocycles. The molecule has 0 aliphatic carbocycles. The van der Waals surface area contributed by atoms with Gasteiger partial charge >= 0.3 is 17.9 Å². The first-order chi connectivity index (χ1) is 30.5. The van der Waals surface area contributed by atoms with Crippen LogP contribution in [0.5, 0.6) is 0 Å². The van der Waals surface area contributed by atoms with E-state index in [1.165, 1.54) is 128 Å². The van der Waals surface area contributed by atoms with Crippen LogP contribution in [0.25, 0.3) is 0 Å². The zero-order chi connectivity index (χ0) is 45.1. The average Bonchev–Trinajstić information content (AvgIpc) is 3.27. The molecule has 0 aliphatic heterocycles. The lowest BCUT2D eigenvalue weighted by molar-refractivity contribution is -0.167. The smallest absolute Gasteiger partial charge is 0.306 e. The van der Waals surface area contributed by atoms with Crippen molar-refractivity contribution in [2.45, 2.75) is 264 Å². The Balaban J connectivity index is 4.44. The Morgan fingerprint density at radius 3 is 1.03 bits per heavy atom. The summed E-state index contributed by atoms with van der Waals surface area (Å²) in [6.07, 6.45) is 62.0. The summed E-state index contributed by atoms with van der Waals surface area (Å²) in [7, 11) is 0. The second-order valence-corrected chi connectivity index (χ2v) is 17.4. The summed E-state index contributed by atoms with van der Waals surface area (Å²) in [6, 6.07) is 0. The second kappa shape index (κ2) is 50.8. The fourth-order valence-electron chi connectivity index (χ4n) is 7.31. The van der Waals surface area contributed by atoms with Crippen LogP contribution in [0.3, 0.4) is 0 Å². The van der Waals surface area contributed by atoms with E-state index in [4.69, 9.17) is 14.2 Å². The molecule has 0 unspecified atom stereocenters. The summed E-state index contributed by atoms with van der Waals surface area (Å²) in [6.45, 7) is 6.48. The van der Waals surface area contributed by atoms with Crippen molar-refractivity contribution in [2.24, 2.45) is 0 Å². The van der Waals surface area contributed by atoms with E-state index >= 15 is 0 Å². The van der Waals surface area contributed by atoms with Crippen molar-refractivity contribution in [1.82, 2.24) is 0 Å². The molecule has 0 heterocycles. The lowest BCUT2D eigenvalue weighted by Crippen LogP contribution is -2.30. The molecule has 0 rings (SSSR count). The van der Waals surface area contributed by atoms with Gasteiger partial charge in [0.05, 0.1) is 0 Å². The number of allylic oxidation sites excluding steroid dienone is 10. The van der Waals surface area contributed by atoms with Crippen molar-refractivity contribution in [3.63, 3.8) is 0 Å². The van der Waals surface area contributed by atoms with Gasteiger partial charge in [0.2, 0.25) is 0 Å². The SMILES string of the molecule is CC/C=C\C/C=C\C/C=C\C/C=C\CCCCC(=O)OC[C@@H](COC(=O)CCCCCCC/C=C\CCCCCCC)OC(=O)CCCCCCCCCCCCCCCCC. The molecule has 358 valence electrons. The molecule has 1 atom stereocenters. The number of hydrogen-bond acceptors (Lipinski definition) is 6. The van der Waals surface area contributed by atoms with Crippen LogP contribution in [0.15, 0.2) is 60.8 Å². The highest BCUT2D eigenvalue weighted by molar-refractivity contribution is 5.71. The number of carbonyl (C=O) groups is 3. The maximum absolute atomic E-state index is 12.8. The number of ether oxygens (including phenoxy) is 3. The number of unbranched alkanes of at least 4 members (excludes halogenated alkanes) is 26. The molecule has 0 aromatic heterocycles. The largest absolute Gasteiger partial charge is 0.462 e. The quantitative estimate of drug-likeness (QED) is 0.0262. The third kappa shape index (κ3) is 48.1.